The summed E-state index contributed by atoms with van der Waals surface area (Å²) in [5.41, 5.74) is 0. The van der Waals surface area contributed by atoms with Crippen molar-refractivity contribution >= 4 is 10.0 Å². The number of hydrogen-bond donors (Lipinski definition) is 1. The van der Waals surface area contributed by atoms with Crippen LogP contribution in [0.3, 0.4) is 0 Å². The van der Waals surface area contributed by atoms with Crippen LogP contribution in [-0.2, 0) is 10.0 Å². The quantitative estimate of drug-likeness (QED) is 0.782. The largest absolute Gasteiger partial charge is 0.320 e. The summed E-state index contributed by atoms with van der Waals surface area (Å²) in [6.07, 6.45) is 2.90. The lowest BCUT2D eigenvalue weighted by Gasteiger charge is -2.31. The lowest BCUT2D eigenvalue weighted by Crippen LogP contribution is -2.42. The smallest absolute Gasteiger partial charge is 0.230 e. The Bertz CT molecular complexity index is 367. The van der Waals surface area contributed by atoms with Gasteiger partial charge in [0.05, 0.1) is 6.07 Å². The van der Waals surface area contributed by atoms with E-state index in [-0.39, 0.29) is 0 Å². The van der Waals surface area contributed by atoms with Gasteiger partial charge in [-0.25, -0.2) is 12.7 Å². The van der Waals surface area contributed by atoms with Gasteiger partial charge in [-0.3, -0.25) is 0 Å². The Kier molecular flexibility index (Phi) is 5.37. The zero-order chi connectivity index (χ0) is 12.9. The van der Waals surface area contributed by atoms with E-state index in [2.05, 4.69) is 5.32 Å². The standard InChI is InChI=1S/C11H21N3O2S/c1-10(9-12)17(15,16)14-7-4-11(5-8-14)3-6-13-2/h10-11,13H,3-8H2,1-2H3. The van der Waals surface area contributed by atoms with E-state index in [1.165, 1.54) is 11.2 Å². The van der Waals surface area contributed by atoms with E-state index in [4.69, 9.17) is 5.26 Å². The van der Waals surface area contributed by atoms with Crippen molar-refractivity contribution in [1.82, 2.24) is 9.62 Å². The van der Waals surface area contributed by atoms with Gasteiger partial charge in [-0.2, -0.15) is 5.26 Å². The normalized spacial score (nSPS) is 21.0. The fourth-order valence-corrected chi connectivity index (χ4v) is 3.39. The molecule has 0 bridgehead atoms. The molecule has 0 aliphatic carbocycles. The Balaban J connectivity index is 2.50. The second kappa shape index (κ2) is 6.34. The lowest BCUT2D eigenvalue weighted by molar-refractivity contribution is 0.262. The van der Waals surface area contributed by atoms with Crippen LogP contribution in [0.5, 0.6) is 0 Å². The van der Waals surface area contributed by atoms with Gasteiger partial charge < -0.3 is 5.32 Å². The molecular formula is C11H21N3O2S. The number of hydrogen-bond acceptors (Lipinski definition) is 4. The van der Waals surface area contributed by atoms with Crippen molar-refractivity contribution in [2.75, 3.05) is 26.7 Å². The molecule has 0 radical (unpaired) electrons. The third-order valence-corrected chi connectivity index (χ3v) is 5.45. The van der Waals surface area contributed by atoms with Crippen molar-refractivity contribution in [1.29, 1.82) is 5.26 Å². The molecule has 17 heavy (non-hydrogen) atoms. The first-order valence-electron chi connectivity index (χ1n) is 6.05. The van der Waals surface area contributed by atoms with Gasteiger partial charge in [-0.05, 0) is 45.7 Å². The fraction of sp³-hybridized carbons (Fsp3) is 0.909. The molecule has 1 N–H and O–H groups in total. The van der Waals surface area contributed by atoms with E-state index in [1.54, 1.807) is 0 Å². The highest BCUT2D eigenvalue weighted by molar-refractivity contribution is 7.89. The molecule has 0 saturated carbocycles. The summed E-state index contributed by atoms with van der Waals surface area (Å²) in [6, 6.07) is 1.81. The van der Waals surface area contributed by atoms with Crippen LogP contribution in [0.2, 0.25) is 0 Å². The molecule has 98 valence electrons. The van der Waals surface area contributed by atoms with Crippen LogP contribution in [0.4, 0.5) is 0 Å². The van der Waals surface area contributed by atoms with Gasteiger partial charge in [0.2, 0.25) is 10.0 Å². The van der Waals surface area contributed by atoms with Gasteiger partial charge in [0.25, 0.3) is 0 Å². The summed E-state index contributed by atoms with van der Waals surface area (Å²) in [5, 5.41) is 10.9. The molecule has 1 atom stereocenters. The number of nitrogens with zero attached hydrogens (tertiary/aromatic N) is 2. The third kappa shape index (κ3) is 3.66. The molecule has 1 rings (SSSR count). The first-order chi connectivity index (χ1) is 8.02. The summed E-state index contributed by atoms with van der Waals surface area (Å²) in [6.45, 7) is 3.54. The van der Waals surface area contributed by atoms with Crippen LogP contribution in [0.25, 0.3) is 0 Å². The predicted molar refractivity (Wildman–Crippen MR) is 66.8 cm³/mol. The maximum atomic E-state index is 11.9. The second-order valence-electron chi connectivity index (χ2n) is 4.55. The predicted octanol–water partition coefficient (Wildman–Crippen LogP) is 0.550. The van der Waals surface area contributed by atoms with Crippen LogP contribution in [0.1, 0.15) is 26.2 Å². The minimum atomic E-state index is -3.40. The van der Waals surface area contributed by atoms with Crippen molar-refractivity contribution in [3.8, 4) is 6.07 Å². The topological polar surface area (TPSA) is 73.2 Å². The highest BCUT2D eigenvalue weighted by atomic mass is 32.2. The van der Waals surface area contributed by atoms with Crippen molar-refractivity contribution in [3.05, 3.63) is 0 Å². The molecule has 1 unspecified atom stereocenters. The maximum Gasteiger partial charge on any atom is 0.230 e. The third-order valence-electron chi connectivity index (χ3n) is 3.36. The number of sulfonamides is 1. The van der Waals surface area contributed by atoms with E-state index >= 15 is 0 Å². The molecule has 6 heteroatoms. The summed E-state index contributed by atoms with van der Waals surface area (Å²) in [4.78, 5) is 0. The van der Waals surface area contributed by atoms with Gasteiger partial charge in [-0.15, -0.1) is 0 Å². The second-order valence-corrected chi connectivity index (χ2v) is 6.80. The minimum absolute atomic E-state index is 0.558. The molecule has 1 heterocycles. The highest BCUT2D eigenvalue weighted by Crippen LogP contribution is 2.23. The Labute approximate surface area is 104 Å². The van der Waals surface area contributed by atoms with Crippen molar-refractivity contribution in [2.24, 2.45) is 5.92 Å². The Morgan fingerprint density at radius 3 is 2.53 bits per heavy atom. The lowest BCUT2D eigenvalue weighted by atomic mass is 9.95. The van der Waals surface area contributed by atoms with E-state index in [0.29, 0.717) is 19.0 Å². The summed E-state index contributed by atoms with van der Waals surface area (Å²) < 4.78 is 25.3. The van der Waals surface area contributed by atoms with E-state index in [1.807, 2.05) is 13.1 Å². The summed E-state index contributed by atoms with van der Waals surface area (Å²) in [5.74, 6) is 0.603. The average Bonchev–Trinajstić information content (AvgIpc) is 2.35. The van der Waals surface area contributed by atoms with Crippen LogP contribution >= 0.6 is 0 Å². The molecule has 0 aromatic carbocycles. The molecule has 0 aromatic rings. The van der Waals surface area contributed by atoms with Crippen molar-refractivity contribution in [2.45, 2.75) is 31.4 Å². The molecule has 1 aliphatic heterocycles. The van der Waals surface area contributed by atoms with Gasteiger partial charge >= 0.3 is 0 Å². The van der Waals surface area contributed by atoms with E-state index in [9.17, 15) is 8.42 Å². The first kappa shape index (κ1) is 14.4. The van der Waals surface area contributed by atoms with Gasteiger partial charge in [0, 0.05) is 13.1 Å². The Hall–Kier alpha value is -0.640. The monoisotopic (exact) mass is 259 g/mol. The minimum Gasteiger partial charge on any atom is -0.320 e. The molecule has 1 aliphatic rings. The van der Waals surface area contributed by atoms with Gasteiger partial charge in [-0.1, -0.05) is 0 Å². The fourth-order valence-electron chi connectivity index (χ4n) is 2.09. The van der Waals surface area contributed by atoms with Crippen LogP contribution in [-0.4, -0.2) is 44.7 Å². The van der Waals surface area contributed by atoms with Crippen molar-refractivity contribution in [3.63, 3.8) is 0 Å². The molecule has 1 fully saturated rings. The Morgan fingerprint density at radius 1 is 1.47 bits per heavy atom. The molecule has 0 aromatic heterocycles. The highest BCUT2D eigenvalue weighted by Gasteiger charge is 2.31. The molecule has 0 amide bonds. The zero-order valence-corrected chi connectivity index (χ0v) is 11.3. The number of nitrogens with one attached hydrogen (secondary N) is 1. The molecule has 5 nitrogen and oxygen atoms in total. The molecule has 1 saturated heterocycles. The van der Waals surface area contributed by atoms with Crippen LogP contribution < -0.4 is 5.32 Å². The van der Waals surface area contributed by atoms with Crippen molar-refractivity contribution < 1.29 is 8.42 Å². The Morgan fingerprint density at radius 2 is 2.06 bits per heavy atom. The summed E-state index contributed by atoms with van der Waals surface area (Å²) >= 11 is 0. The number of nitriles is 1. The maximum absolute atomic E-state index is 11.9. The molecule has 0 spiro atoms. The first-order valence-corrected chi connectivity index (χ1v) is 7.56. The SMILES string of the molecule is CNCCC1CCN(S(=O)(=O)C(C)C#N)CC1. The van der Waals surface area contributed by atoms with Crippen LogP contribution in [0, 0.1) is 17.2 Å². The average molecular weight is 259 g/mol. The van der Waals surface area contributed by atoms with E-state index < -0.39 is 15.3 Å². The van der Waals surface area contributed by atoms with Crippen LogP contribution in [0.15, 0.2) is 0 Å². The number of piperidine rings is 1. The molecular weight excluding hydrogens is 238 g/mol. The van der Waals surface area contributed by atoms with E-state index in [0.717, 1.165) is 25.8 Å². The number of rotatable bonds is 5. The summed E-state index contributed by atoms with van der Waals surface area (Å²) in [7, 11) is -1.47. The van der Waals surface area contributed by atoms with Gasteiger partial charge in [0.1, 0.15) is 0 Å². The van der Waals surface area contributed by atoms with Gasteiger partial charge in [0.15, 0.2) is 5.25 Å². The zero-order valence-electron chi connectivity index (χ0n) is 10.5.